The van der Waals surface area contributed by atoms with Crippen LogP contribution in [0.1, 0.15) is 50.2 Å². The van der Waals surface area contributed by atoms with Crippen LogP contribution in [0.25, 0.3) is 0 Å². The molecule has 3 rings (SSSR count). The fourth-order valence-corrected chi connectivity index (χ4v) is 3.88. The number of methoxy groups -OCH3 is 1. The minimum atomic E-state index is -1.10. The molecule has 1 saturated carbocycles. The molecule has 1 aliphatic carbocycles. The number of aliphatic hydroxyl groups excluding tert-OH is 1. The zero-order valence-corrected chi connectivity index (χ0v) is 14.8. The largest absolute Gasteiger partial charge is 0.379 e. The van der Waals surface area contributed by atoms with Crippen molar-refractivity contribution in [1.82, 2.24) is 15.0 Å². The second-order valence-electron chi connectivity index (χ2n) is 7.07. The lowest BCUT2D eigenvalue weighted by Gasteiger charge is -2.32. The van der Waals surface area contributed by atoms with Crippen LogP contribution in [0.15, 0.2) is 17.2 Å². The fraction of sp³-hybridized carbons (Fsp3) is 0.722. The van der Waals surface area contributed by atoms with E-state index in [-0.39, 0.29) is 11.5 Å². The van der Waals surface area contributed by atoms with Gasteiger partial charge < -0.3 is 19.3 Å². The smallest absolute Gasteiger partial charge is 0.255 e. The van der Waals surface area contributed by atoms with Crippen molar-refractivity contribution >= 4 is 5.91 Å². The van der Waals surface area contributed by atoms with Crippen LogP contribution in [0.4, 0.5) is 0 Å². The molecule has 7 heteroatoms. The highest BCUT2D eigenvalue weighted by atomic mass is 16.5. The molecule has 0 spiro atoms. The molecule has 1 aromatic rings. The first kappa shape index (κ1) is 18.1. The highest BCUT2D eigenvalue weighted by Gasteiger charge is 2.40. The Balaban J connectivity index is 1.55. The van der Waals surface area contributed by atoms with Gasteiger partial charge in [0, 0.05) is 26.6 Å². The van der Waals surface area contributed by atoms with Crippen LogP contribution < -0.4 is 0 Å². The normalized spacial score (nSPS) is 22.1. The van der Waals surface area contributed by atoms with E-state index in [1.807, 2.05) is 0 Å². The van der Waals surface area contributed by atoms with Gasteiger partial charge in [-0.05, 0) is 44.4 Å². The van der Waals surface area contributed by atoms with Crippen molar-refractivity contribution in [2.24, 2.45) is 5.92 Å². The molecule has 1 unspecified atom stereocenters. The van der Waals surface area contributed by atoms with Gasteiger partial charge in [-0.25, -0.2) is 0 Å². The predicted octanol–water partition coefficient (Wildman–Crippen LogP) is 1.81. The van der Waals surface area contributed by atoms with Crippen LogP contribution in [0.5, 0.6) is 0 Å². The average Bonchev–Trinajstić information content (AvgIpc) is 3.31. The summed E-state index contributed by atoms with van der Waals surface area (Å²) in [5.41, 5.74) is -0.377. The topological polar surface area (TPSA) is 88.7 Å². The van der Waals surface area contributed by atoms with Crippen molar-refractivity contribution in [3.8, 4) is 0 Å². The summed E-state index contributed by atoms with van der Waals surface area (Å²) in [5.74, 6) is 1.45. The summed E-state index contributed by atoms with van der Waals surface area (Å²) in [6.45, 7) is 4.73. The van der Waals surface area contributed by atoms with E-state index in [1.165, 1.54) is 6.08 Å². The van der Waals surface area contributed by atoms with Crippen LogP contribution >= 0.6 is 0 Å². The number of carbonyl (C=O) groups is 1. The average molecular weight is 349 g/mol. The number of hydrogen-bond acceptors (Lipinski definition) is 6. The van der Waals surface area contributed by atoms with Crippen LogP contribution in [0.2, 0.25) is 0 Å². The summed E-state index contributed by atoms with van der Waals surface area (Å²) in [6, 6.07) is 0. The molecule has 25 heavy (non-hydrogen) atoms. The highest BCUT2D eigenvalue weighted by Crippen LogP contribution is 2.40. The van der Waals surface area contributed by atoms with Gasteiger partial charge in [0.2, 0.25) is 11.7 Å². The molecule has 0 aromatic carbocycles. The van der Waals surface area contributed by atoms with Crippen molar-refractivity contribution in [2.75, 3.05) is 20.2 Å². The second-order valence-corrected chi connectivity index (χ2v) is 7.07. The van der Waals surface area contributed by atoms with E-state index < -0.39 is 6.10 Å². The zero-order chi connectivity index (χ0) is 17.9. The lowest BCUT2D eigenvalue weighted by molar-refractivity contribution is -0.139. The van der Waals surface area contributed by atoms with Crippen LogP contribution in [0, 0.1) is 5.92 Å². The van der Waals surface area contributed by atoms with Crippen molar-refractivity contribution in [2.45, 2.75) is 56.7 Å². The number of aliphatic hydroxyl groups is 1. The molecule has 0 bridgehead atoms. The molecule has 0 radical (unpaired) electrons. The van der Waals surface area contributed by atoms with Gasteiger partial charge >= 0.3 is 0 Å². The van der Waals surface area contributed by atoms with Crippen LogP contribution in [-0.4, -0.2) is 52.4 Å². The standard InChI is InChI=1S/C18H27N3O4/c1-3-14(22)16(23)21-10-6-13(7-11-21)12-15-19-17(20-25-15)18(24-2)8-4-5-9-18/h3,13-14,22H,1,4-12H2,2H3. The van der Waals surface area contributed by atoms with E-state index in [9.17, 15) is 9.90 Å². The molecular weight excluding hydrogens is 322 g/mol. The molecule has 1 amide bonds. The molecule has 2 aliphatic rings. The van der Waals surface area contributed by atoms with E-state index in [0.29, 0.717) is 30.7 Å². The number of likely N-dealkylation sites (tertiary alicyclic amines) is 1. The molecule has 1 atom stereocenters. The van der Waals surface area contributed by atoms with Gasteiger partial charge in [0.25, 0.3) is 5.91 Å². The molecule has 7 nitrogen and oxygen atoms in total. The summed E-state index contributed by atoms with van der Waals surface area (Å²) in [4.78, 5) is 18.2. The highest BCUT2D eigenvalue weighted by molar-refractivity contribution is 5.82. The maximum Gasteiger partial charge on any atom is 0.255 e. The summed E-state index contributed by atoms with van der Waals surface area (Å²) >= 11 is 0. The maximum absolute atomic E-state index is 12.0. The molecule has 1 aliphatic heterocycles. The van der Waals surface area contributed by atoms with Crippen molar-refractivity contribution in [1.29, 1.82) is 0 Å². The first-order valence-corrected chi connectivity index (χ1v) is 9.05. The molecule has 1 saturated heterocycles. The first-order chi connectivity index (χ1) is 12.1. The first-order valence-electron chi connectivity index (χ1n) is 9.05. The van der Waals surface area contributed by atoms with Gasteiger partial charge in [0.15, 0.2) is 6.10 Å². The number of amides is 1. The number of aromatic nitrogens is 2. The van der Waals surface area contributed by atoms with Gasteiger partial charge in [0.05, 0.1) is 0 Å². The Kier molecular flexibility index (Phi) is 5.54. The summed E-state index contributed by atoms with van der Waals surface area (Å²) in [7, 11) is 1.71. The summed E-state index contributed by atoms with van der Waals surface area (Å²) in [5, 5.41) is 13.7. The summed E-state index contributed by atoms with van der Waals surface area (Å²) < 4.78 is 11.2. The summed E-state index contributed by atoms with van der Waals surface area (Å²) in [6.07, 6.45) is 6.74. The van der Waals surface area contributed by atoms with Gasteiger partial charge in [-0.15, -0.1) is 0 Å². The van der Waals surface area contributed by atoms with Gasteiger partial charge in [-0.2, -0.15) is 4.98 Å². The van der Waals surface area contributed by atoms with Crippen molar-refractivity contribution in [3.05, 3.63) is 24.4 Å². The Labute approximate surface area is 148 Å². The Morgan fingerprint density at radius 1 is 1.48 bits per heavy atom. The molecule has 2 heterocycles. The third-order valence-electron chi connectivity index (χ3n) is 5.54. The van der Waals surface area contributed by atoms with Crippen molar-refractivity contribution in [3.63, 3.8) is 0 Å². The van der Waals surface area contributed by atoms with E-state index in [0.717, 1.165) is 44.9 Å². The number of carbonyl (C=O) groups excluding carboxylic acids is 1. The number of rotatable bonds is 6. The van der Waals surface area contributed by atoms with Crippen molar-refractivity contribution < 1.29 is 19.2 Å². The van der Waals surface area contributed by atoms with E-state index >= 15 is 0 Å². The fourth-order valence-electron chi connectivity index (χ4n) is 3.88. The molecule has 138 valence electrons. The number of ether oxygens (including phenoxy) is 1. The molecular formula is C18H27N3O4. The SMILES string of the molecule is C=CC(O)C(=O)N1CCC(Cc2nc(C3(OC)CCCC3)no2)CC1. The Bertz CT molecular complexity index is 601. The van der Waals surface area contributed by atoms with Crippen LogP contribution in [0.3, 0.4) is 0 Å². The molecule has 1 N–H and O–H groups in total. The number of nitrogens with zero attached hydrogens (tertiary/aromatic N) is 3. The lowest BCUT2D eigenvalue weighted by atomic mass is 9.93. The van der Waals surface area contributed by atoms with Gasteiger partial charge in [-0.1, -0.05) is 17.8 Å². The minimum Gasteiger partial charge on any atom is -0.379 e. The number of hydrogen-bond donors (Lipinski definition) is 1. The Morgan fingerprint density at radius 2 is 2.16 bits per heavy atom. The zero-order valence-electron chi connectivity index (χ0n) is 14.8. The Morgan fingerprint density at radius 3 is 2.76 bits per heavy atom. The third kappa shape index (κ3) is 3.77. The van der Waals surface area contributed by atoms with Gasteiger partial charge in [-0.3, -0.25) is 4.79 Å². The maximum atomic E-state index is 12.0. The quantitative estimate of drug-likeness (QED) is 0.788. The molecule has 2 fully saturated rings. The lowest BCUT2D eigenvalue weighted by Crippen LogP contribution is -2.43. The van der Waals surface area contributed by atoms with Crippen LogP contribution in [-0.2, 0) is 21.6 Å². The molecule has 1 aromatic heterocycles. The third-order valence-corrected chi connectivity index (χ3v) is 5.54. The van der Waals surface area contributed by atoms with E-state index in [2.05, 4.69) is 16.7 Å². The van der Waals surface area contributed by atoms with Gasteiger partial charge in [0.1, 0.15) is 5.60 Å². The van der Waals surface area contributed by atoms with E-state index in [1.54, 1.807) is 12.0 Å². The second kappa shape index (κ2) is 7.66. The van der Waals surface area contributed by atoms with E-state index in [4.69, 9.17) is 9.26 Å². The monoisotopic (exact) mass is 349 g/mol. The number of piperidine rings is 1. The minimum absolute atomic E-state index is 0.267. The Hall–Kier alpha value is -1.73. The predicted molar refractivity (Wildman–Crippen MR) is 90.7 cm³/mol.